The van der Waals surface area contributed by atoms with Gasteiger partial charge >= 0.3 is 6.09 Å². The van der Waals surface area contributed by atoms with E-state index in [2.05, 4.69) is 10.0 Å². The van der Waals surface area contributed by atoms with Gasteiger partial charge in [-0.15, -0.1) is 0 Å². The molecule has 206 valence electrons. The first-order valence-electron chi connectivity index (χ1n) is 13.5. The minimum Gasteiger partial charge on any atom is -0.444 e. The zero-order chi connectivity index (χ0) is 27.2. The molecular weight excluding hydrogens is 502 g/mol. The van der Waals surface area contributed by atoms with Crippen LogP contribution < -0.4 is 10.0 Å². The van der Waals surface area contributed by atoms with Gasteiger partial charge in [0.25, 0.3) is 10.0 Å². The van der Waals surface area contributed by atoms with Gasteiger partial charge in [0.05, 0.1) is 11.0 Å². The number of hydrogen-bond acceptors (Lipinski definition) is 6. The summed E-state index contributed by atoms with van der Waals surface area (Å²) in [5.74, 6) is 0.650. The van der Waals surface area contributed by atoms with Crippen molar-refractivity contribution in [3.05, 3.63) is 53.1 Å². The number of fused-ring (bicyclic) bond motifs is 3. The summed E-state index contributed by atoms with van der Waals surface area (Å²) in [5, 5.41) is 3.73. The van der Waals surface area contributed by atoms with E-state index in [4.69, 9.17) is 9.47 Å². The van der Waals surface area contributed by atoms with Crippen LogP contribution >= 0.6 is 0 Å². The Hall–Kier alpha value is -2.78. The molecule has 2 saturated heterocycles. The van der Waals surface area contributed by atoms with E-state index in [1.165, 1.54) is 0 Å². The molecule has 1 unspecified atom stereocenters. The molecule has 38 heavy (non-hydrogen) atoms. The lowest BCUT2D eigenvalue weighted by Gasteiger charge is -2.43. The summed E-state index contributed by atoms with van der Waals surface area (Å²) in [7, 11) is -3.75. The molecule has 8 nitrogen and oxygen atoms in total. The van der Waals surface area contributed by atoms with Crippen LogP contribution in [-0.2, 0) is 19.5 Å². The number of carbonyl (C=O) groups is 1. The highest BCUT2D eigenvalue weighted by Gasteiger charge is 2.45. The van der Waals surface area contributed by atoms with E-state index in [0.717, 1.165) is 41.6 Å². The fraction of sp³-hybridized carbons (Fsp3) is 0.552. The average Bonchev–Trinajstić information content (AvgIpc) is 3.35. The molecule has 3 atom stereocenters. The second-order valence-electron chi connectivity index (χ2n) is 11.9. The molecule has 5 rings (SSSR count). The molecule has 2 N–H and O–H groups in total. The Bertz CT molecular complexity index is 1310. The number of amides is 1. The van der Waals surface area contributed by atoms with Crippen LogP contribution in [0.1, 0.15) is 62.8 Å². The van der Waals surface area contributed by atoms with Crippen LogP contribution in [0.3, 0.4) is 0 Å². The van der Waals surface area contributed by atoms with Gasteiger partial charge in [0.1, 0.15) is 5.60 Å². The lowest BCUT2D eigenvalue weighted by atomic mass is 9.75. The van der Waals surface area contributed by atoms with Gasteiger partial charge in [-0.25, -0.2) is 13.2 Å². The topological polar surface area (TPSA) is 97.0 Å². The van der Waals surface area contributed by atoms with Crippen LogP contribution in [0.5, 0.6) is 0 Å². The van der Waals surface area contributed by atoms with Gasteiger partial charge in [-0.05, 0) is 101 Å². The van der Waals surface area contributed by atoms with Crippen molar-refractivity contribution >= 4 is 27.5 Å². The summed E-state index contributed by atoms with van der Waals surface area (Å²) in [6.07, 6.45) is 2.32. The van der Waals surface area contributed by atoms with Crippen molar-refractivity contribution in [1.29, 1.82) is 0 Å². The van der Waals surface area contributed by atoms with Gasteiger partial charge in [0, 0.05) is 48.6 Å². The quantitative estimate of drug-likeness (QED) is 0.521. The van der Waals surface area contributed by atoms with Crippen molar-refractivity contribution in [3.8, 4) is 0 Å². The Morgan fingerprint density at radius 1 is 1.05 bits per heavy atom. The number of rotatable bonds is 4. The van der Waals surface area contributed by atoms with Crippen molar-refractivity contribution < 1.29 is 22.7 Å². The van der Waals surface area contributed by atoms with Gasteiger partial charge in [-0.2, -0.15) is 0 Å². The number of likely N-dealkylation sites (tertiary alicyclic amines) is 1. The minimum atomic E-state index is -3.75. The van der Waals surface area contributed by atoms with Gasteiger partial charge in [-0.3, -0.25) is 4.72 Å². The summed E-state index contributed by atoms with van der Waals surface area (Å²) >= 11 is 0. The summed E-state index contributed by atoms with van der Waals surface area (Å²) in [6, 6.07) is 11.1. The van der Waals surface area contributed by atoms with Crippen LogP contribution in [0.25, 0.3) is 0 Å². The third-order valence-corrected chi connectivity index (χ3v) is 9.40. The molecule has 2 fully saturated rings. The largest absolute Gasteiger partial charge is 0.444 e. The van der Waals surface area contributed by atoms with Crippen LogP contribution in [0.2, 0.25) is 0 Å². The third-order valence-electron chi connectivity index (χ3n) is 8.02. The van der Waals surface area contributed by atoms with Crippen molar-refractivity contribution in [2.24, 2.45) is 11.8 Å². The number of nitrogens with zero attached hydrogens (tertiary/aromatic N) is 1. The molecule has 3 aliphatic heterocycles. The molecule has 0 saturated carbocycles. The molecule has 3 heterocycles. The van der Waals surface area contributed by atoms with E-state index in [9.17, 15) is 13.2 Å². The fourth-order valence-corrected chi connectivity index (χ4v) is 6.99. The summed E-state index contributed by atoms with van der Waals surface area (Å²) in [4.78, 5) is 14.6. The SMILES string of the molecule is Cc1ccc(NS(=O)(=O)c2ccc3c(c2)C2OCC[C@H]2[C@H](C2CCN(C(=O)OC(C)(C)C)CC2)N3)cc1C. The monoisotopic (exact) mass is 541 g/mol. The molecule has 0 aromatic heterocycles. The normalized spacial score (nSPS) is 23.8. The zero-order valence-electron chi connectivity index (χ0n) is 22.9. The lowest BCUT2D eigenvalue weighted by molar-refractivity contribution is 0.0151. The van der Waals surface area contributed by atoms with Crippen LogP contribution in [0.4, 0.5) is 16.2 Å². The molecule has 1 amide bonds. The maximum Gasteiger partial charge on any atom is 0.410 e. The number of sulfonamides is 1. The second kappa shape index (κ2) is 10.1. The number of carbonyl (C=O) groups excluding carboxylic acids is 1. The summed E-state index contributed by atoms with van der Waals surface area (Å²) in [5.41, 5.74) is 4.03. The fourth-order valence-electron chi connectivity index (χ4n) is 5.91. The average molecular weight is 542 g/mol. The summed E-state index contributed by atoms with van der Waals surface area (Å²) < 4.78 is 41.0. The predicted molar refractivity (Wildman–Crippen MR) is 148 cm³/mol. The molecule has 2 aromatic rings. The minimum absolute atomic E-state index is 0.142. The molecule has 0 spiro atoms. The van der Waals surface area contributed by atoms with E-state index in [1.807, 2.05) is 52.8 Å². The van der Waals surface area contributed by atoms with Crippen molar-refractivity contribution in [3.63, 3.8) is 0 Å². The van der Waals surface area contributed by atoms with E-state index >= 15 is 0 Å². The Morgan fingerprint density at radius 3 is 2.47 bits per heavy atom. The van der Waals surface area contributed by atoms with Crippen molar-refractivity contribution in [2.45, 2.75) is 76.5 Å². The van der Waals surface area contributed by atoms with E-state index < -0.39 is 15.6 Å². The maximum atomic E-state index is 13.2. The van der Waals surface area contributed by atoms with Crippen LogP contribution in [-0.4, -0.2) is 50.8 Å². The predicted octanol–water partition coefficient (Wildman–Crippen LogP) is 5.62. The van der Waals surface area contributed by atoms with Gasteiger partial charge < -0.3 is 19.7 Å². The second-order valence-corrected chi connectivity index (χ2v) is 13.6. The Morgan fingerprint density at radius 2 is 1.79 bits per heavy atom. The number of anilines is 2. The molecule has 2 aromatic carbocycles. The highest BCUT2D eigenvalue weighted by molar-refractivity contribution is 7.92. The number of piperidine rings is 1. The summed E-state index contributed by atoms with van der Waals surface area (Å²) in [6.45, 7) is 11.6. The standard InChI is InChI=1S/C29H39N3O5S/c1-18-6-7-21(16-19(18)2)31-38(34,35)22-8-9-25-24(17-22)27-23(12-15-36-27)26(30-25)20-10-13-32(14-11-20)28(33)37-29(3,4)5/h6-9,16-17,20,23,26-27,30-31H,10-15H2,1-5H3/t23-,26-,27?/m0/s1. The van der Waals surface area contributed by atoms with E-state index in [-0.39, 0.29) is 29.1 Å². The van der Waals surface area contributed by atoms with E-state index in [1.54, 1.807) is 23.1 Å². The molecule has 0 radical (unpaired) electrons. The number of aryl methyl sites for hydroxylation is 2. The first kappa shape index (κ1) is 26.8. The van der Waals surface area contributed by atoms with Crippen LogP contribution in [0.15, 0.2) is 41.3 Å². The Balaban J connectivity index is 1.31. The third kappa shape index (κ3) is 5.50. The molecular formula is C29H39N3O5S. The van der Waals surface area contributed by atoms with Crippen LogP contribution in [0, 0.1) is 25.7 Å². The molecule has 0 aliphatic carbocycles. The van der Waals surface area contributed by atoms with Gasteiger partial charge in [0.15, 0.2) is 0 Å². The Kier molecular flexibility index (Phi) is 7.11. The molecule has 3 aliphatic rings. The van der Waals surface area contributed by atoms with Gasteiger partial charge in [-0.1, -0.05) is 6.07 Å². The first-order chi connectivity index (χ1) is 17.9. The smallest absolute Gasteiger partial charge is 0.410 e. The maximum absolute atomic E-state index is 13.2. The number of ether oxygens (including phenoxy) is 2. The molecule has 0 bridgehead atoms. The highest BCUT2D eigenvalue weighted by Crippen LogP contribution is 2.48. The number of benzene rings is 2. The molecule has 9 heteroatoms. The highest BCUT2D eigenvalue weighted by atomic mass is 32.2. The zero-order valence-corrected chi connectivity index (χ0v) is 23.7. The Labute approximate surface area is 226 Å². The number of nitrogens with one attached hydrogen (secondary N) is 2. The first-order valence-corrected chi connectivity index (χ1v) is 15.0. The van der Waals surface area contributed by atoms with Crippen molar-refractivity contribution in [2.75, 3.05) is 29.7 Å². The number of hydrogen-bond donors (Lipinski definition) is 2. The van der Waals surface area contributed by atoms with E-state index in [0.29, 0.717) is 31.3 Å². The van der Waals surface area contributed by atoms with Crippen molar-refractivity contribution in [1.82, 2.24) is 4.90 Å². The lowest BCUT2D eigenvalue weighted by Crippen LogP contribution is -2.48. The van der Waals surface area contributed by atoms with Gasteiger partial charge in [0.2, 0.25) is 0 Å².